The van der Waals surface area contributed by atoms with Gasteiger partial charge >= 0.3 is 5.97 Å². The van der Waals surface area contributed by atoms with Crippen LogP contribution in [0.2, 0.25) is 0 Å². The molecule has 92 valence electrons. The van der Waals surface area contributed by atoms with Gasteiger partial charge in [-0.2, -0.15) is 10.4 Å². The molecule has 1 atom stereocenters. The smallest absolute Gasteiger partial charge is 0.339 e. The zero-order valence-electron chi connectivity index (χ0n) is 10.2. The molecule has 1 rings (SSSR count). The van der Waals surface area contributed by atoms with Crippen molar-refractivity contribution in [3.8, 4) is 6.07 Å². The van der Waals surface area contributed by atoms with E-state index in [4.69, 9.17) is 10.4 Å². The third-order valence-corrected chi connectivity index (χ3v) is 2.52. The summed E-state index contributed by atoms with van der Waals surface area (Å²) < 4.78 is 1.55. The summed E-state index contributed by atoms with van der Waals surface area (Å²) in [5.74, 6) is -1.06. The minimum atomic E-state index is -0.977. The quantitative estimate of drug-likeness (QED) is 0.814. The van der Waals surface area contributed by atoms with E-state index in [2.05, 4.69) is 11.2 Å². The van der Waals surface area contributed by atoms with E-state index in [-0.39, 0.29) is 11.5 Å². The molecule has 0 bridgehead atoms. The van der Waals surface area contributed by atoms with Gasteiger partial charge in [0.25, 0.3) is 0 Å². The Labute approximate surface area is 100 Å². The Kier molecular flexibility index (Phi) is 4.24. The van der Waals surface area contributed by atoms with Gasteiger partial charge < -0.3 is 5.11 Å². The lowest BCUT2D eigenvalue weighted by atomic mass is 10.2. The highest BCUT2D eigenvalue weighted by atomic mass is 16.4. The fourth-order valence-corrected chi connectivity index (χ4v) is 1.66. The average molecular weight is 236 g/mol. The minimum Gasteiger partial charge on any atom is -0.478 e. The lowest BCUT2D eigenvalue weighted by Crippen LogP contribution is -2.25. The van der Waals surface area contributed by atoms with Gasteiger partial charge in [0.2, 0.25) is 0 Å². The van der Waals surface area contributed by atoms with Crippen LogP contribution in [-0.4, -0.2) is 39.3 Å². The van der Waals surface area contributed by atoms with Crippen molar-refractivity contribution in [2.75, 3.05) is 13.6 Å². The molecule has 17 heavy (non-hydrogen) atoms. The lowest BCUT2D eigenvalue weighted by molar-refractivity contribution is 0.0694. The van der Waals surface area contributed by atoms with Crippen LogP contribution in [0.1, 0.15) is 23.0 Å². The summed E-state index contributed by atoms with van der Waals surface area (Å²) in [5, 5.41) is 21.6. The van der Waals surface area contributed by atoms with E-state index >= 15 is 0 Å². The Bertz CT molecular complexity index is 447. The number of hydrogen-bond acceptors (Lipinski definition) is 4. The van der Waals surface area contributed by atoms with E-state index in [1.54, 1.807) is 11.7 Å². The number of nitrogens with zero attached hydrogens (tertiary/aromatic N) is 4. The number of nitriles is 1. The fourth-order valence-electron chi connectivity index (χ4n) is 1.66. The van der Waals surface area contributed by atoms with Gasteiger partial charge in [-0.3, -0.25) is 9.58 Å². The van der Waals surface area contributed by atoms with Crippen molar-refractivity contribution >= 4 is 5.97 Å². The van der Waals surface area contributed by atoms with E-state index < -0.39 is 5.97 Å². The summed E-state index contributed by atoms with van der Waals surface area (Å²) in [7, 11) is 3.57. The molecular formula is C11H16N4O2. The number of aryl methyl sites for hydroxylation is 1. The summed E-state index contributed by atoms with van der Waals surface area (Å²) in [4.78, 5) is 12.9. The molecule has 0 fully saturated rings. The van der Waals surface area contributed by atoms with Crippen LogP contribution in [0, 0.1) is 17.2 Å². The molecule has 0 amide bonds. The van der Waals surface area contributed by atoms with Crippen LogP contribution in [0.15, 0.2) is 6.20 Å². The van der Waals surface area contributed by atoms with E-state index in [0.29, 0.717) is 18.8 Å². The van der Waals surface area contributed by atoms with Gasteiger partial charge in [0.15, 0.2) is 0 Å². The van der Waals surface area contributed by atoms with Crippen LogP contribution in [0.3, 0.4) is 0 Å². The number of aromatic carboxylic acids is 1. The van der Waals surface area contributed by atoms with Crippen molar-refractivity contribution in [2.24, 2.45) is 13.0 Å². The molecule has 0 aliphatic carbocycles. The molecule has 0 spiro atoms. The zero-order chi connectivity index (χ0) is 13.0. The van der Waals surface area contributed by atoms with Crippen LogP contribution in [0.25, 0.3) is 0 Å². The molecule has 6 heteroatoms. The SMILES string of the molecule is CC(C#N)CN(C)Cc1c(C(=O)O)cnn1C. The molecule has 0 aliphatic rings. The predicted molar refractivity (Wildman–Crippen MR) is 61.3 cm³/mol. The topological polar surface area (TPSA) is 82.2 Å². The minimum absolute atomic E-state index is 0.0819. The Morgan fingerprint density at radius 2 is 2.41 bits per heavy atom. The van der Waals surface area contributed by atoms with Crippen LogP contribution >= 0.6 is 0 Å². The summed E-state index contributed by atoms with van der Waals surface area (Å²) in [6, 6.07) is 2.15. The van der Waals surface area contributed by atoms with Gasteiger partial charge in [-0.25, -0.2) is 4.79 Å². The summed E-state index contributed by atoms with van der Waals surface area (Å²) >= 11 is 0. The van der Waals surface area contributed by atoms with Crippen LogP contribution in [0.5, 0.6) is 0 Å². The number of hydrogen-bond donors (Lipinski definition) is 1. The molecule has 0 radical (unpaired) electrons. The van der Waals surface area contributed by atoms with Gasteiger partial charge in [0.05, 0.1) is 23.9 Å². The average Bonchev–Trinajstić information content (AvgIpc) is 2.60. The summed E-state index contributed by atoms with van der Waals surface area (Å²) in [6.45, 7) is 2.89. The third-order valence-electron chi connectivity index (χ3n) is 2.52. The van der Waals surface area contributed by atoms with Crippen molar-refractivity contribution in [1.29, 1.82) is 5.26 Å². The Morgan fingerprint density at radius 3 is 2.94 bits per heavy atom. The van der Waals surface area contributed by atoms with Crippen LogP contribution in [-0.2, 0) is 13.6 Å². The lowest BCUT2D eigenvalue weighted by Gasteiger charge is -2.18. The second-order valence-corrected chi connectivity index (χ2v) is 4.16. The normalized spacial score (nSPS) is 12.4. The van der Waals surface area contributed by atoms with Gasteiger partial charge in [-0.1, -0.05) is 0 Å². The molecule has 1 heterocycles. The maximum absolute atomic E-state index is 11.0. The number of rotatable bonds is 5. The second kappa shape index (κ2) is 5.46. The van der Waals surface area contributed by atoms with Crippen LogP contribution < -0.4 is 0 Å². The third kappa shape index (κ3) is 3.29. The standard InChI is InChI=1S/C11H16N4O2/c1-8(4-12)6-14(2)7-10-9(11(16)17)5-13-15(10)3/h5,8H,6-7H2,1-3H3,(H,16,17). The molecule has 0 aromatic carbocycles. The van der Waals surface area contributed by atoms with Crippen molar-refractivity contribution in [3.05, 3.63) is 17.5 Å². The van der Waals surface area contributed by atoms with E-state index in [0.717, 1.165) is 0 Å². The number of carbonyl (C=O) groups is 1. The summed E-state index contributed by atoms with van der Waals surface area (Å²) in [6.07, 6.45) is 1.35. The number of carboxylic acids is 1. The predicted octanol–water partition coefficient (Wildman–Crippen LogP) is 0.710. The first-order valence-electron chi connectivity index (χ1n) is 5.28. The van der Waals surface area contributed by atoms with Gasteiger partial charge in [-0.15, -0.1) is 0 Å². The largest absolute Gasteiger partial charge is 0.478 e. The highest BCUT2D eigenvalue weighted by Crippen LogP contribution is 2.11. The maximum Gasteiger partial charge on any atom is 0.339 e. The van der Waals surface area contributed by atoms with E-state index in [9.17, 15) is 4.79 Å². The summed E-state index contributed by atoms with van der Waals surface area (Å²) in [5.41, 5.74) is 0.856. The Balaban J connectivity index is 2.78. The second-order valence-electron chi connectivity index (χ2n) is 4.16. The highest BCUT2D eigenvalue weighted by molar-refractivity contribution is 5.88. The molecule has 0 aliphatic heterocycles. The molecule has 1 N–H and O–H groups in total. The molecule has 6 nitrogen and oxygen atoms in total. The van der Waals surface area contributed by atoms with Crippen molar-refractivity contribution in [3.63, 3.8) is 0 Å². The van der Waals surface area contributed by atoms with Crippen molar-refractivity contribution < 1.29 is 9.90 Å². The van der Waals surface area contributed by atoms with Gasteiger partial charge in [0, 0.05) is 20.1 Å². The molecule has 0 saturated heterocycles. The Hall–Kier alpha value is -1.87. The van der Waals surface area contributed by atoms with Crippen molar-refractivity contribution in [2.45, 2.75) is 13.5 Å². The van der Waals surface area contributed by atoms with E-state index in [1.807, 2.05) is 18.9 Å². The highest BCUT2D eigenvalue weighted by Gasteiger charge is 2.17. The molecular weight excluding hydrogens is 220 g/mol. The molecule has 1 aromatic rings. The fraction of sp³-hybridized carbons (Fsp3) is 0.545. The molecule has 0 saturated carbocycles. The maximum atomic E-state index is 11.0. The first-order valence-corrected chi connectivity index (χ1v) is 5.28. The van der Waals surface area contributed by atoms with Gasteiger partial charge in [0.1, 0.15) is 5.56 Å². The van der Waals surface area contributed by atoms with Crippen molar-refractivity contribution in [1.82, 2.24) is 14.7 Å². The van der Waals surface area contributed by atoms with Crippen LogP contribution in [0.4, 0.5) is 0 Å². The Morgan fingerprint density at radius 1 is 1.76 bits per heavy atom. The van der Waals surface area contributed by atoms with E-state index in [1.165, 1.54) is 6.20 Å². The zero-order valence-corrected chi connectivity index (χ0v) is 10.2. The first kappa shape index (κ1) is 13.2. The molecule has 1 aromatic heterocycles. The monoisotopic (exact) mass is 236 g/mol. The van der Waals surface area contributed by atoms with Gasteiger partial charge in [-0.05, 0) is 14.0 Å². The first-order chi connectivity index (χ1) is 7.95. The number of carboxylic acid groups (broad SMARTS) is 1. The number of aromatic nitrogens is 2. The molecule has 1 unspecified atom stereocenters.